The molecule has 4 heteroatoms. The largest absolute Gasteiger partial charge is 0.487 e. The van der Waals surface area contributed by atoms with Crippen LogP contribution in [0.3, 0.4) is 0 Å². The van der Waals surface area contributed by atoms with E-state index in [4.69, 9.17) is 9.47 Å². The van der Waals surface area contributed by atoms with Crippen molar-refractivity contribution in [2.75, 3.05) is 6.61 Å². The van der Waals surface area contributed by atoms with Gasteiger partial charge in [0, 0.05) is 29.3 Å². The number of hydrogen-bond acceptors (Lipinski definition) is 3. The zero-order valence-electron chi connectivity index (χ0n) is 12.0. The van der Waals surface area contributed by atoms with Gasteiger partial charge in [0.25, 0.3) is 0 Å². The minimum atomic E-state index is -0.453. The summed E-state index contributed by atoms with van der Waals surface area (Å²) in [5.74, 6) is 0.804. The molecule has 3 atom stereocenters. The Kier molecular flexibility index (Phi) is 3.59. The molecule has 0 aliphatic carbocycles. The van der Waals surface area contributed by atoms with Crippen molar-refractivity contribution in [2.45, 2.75) is 56.8 Å². The summed E-state index contributed by atoms with van der Waals surface area (Å²) in [6.45, 7) is 4.98. The fourth-order valence-corrected chi connectivity index (χ4v) is 3.74. The Morgan fingerprint density at radius 2 is 2.25 bits per heavy atom. The molecule has 2 aliphatic heterocycles. The van der Waals surface area contributed by atoms with Crippen LogP contribution in [0.1, 0.15) is 51.2 Å². The maximum absolute atomic E-state index is 10.5. The third-order valence-corrected chi connectivity index (χ3v) is 5.17. The van der Waals surface area contributed by atoms with E-state index in [9.17, 15) is 5.11 Å². The van der Waals surface area contributed by atoms with Crippen LogP contribution in [0, 0.1) is 0 Å². The van der Waals surface area contributed by atoms with Crippen molar-refractivity contribution in [3.8, 4) is 5.75 Å². The summed E-state index contributed by atoms with van der Waals surface area (Å²) in [6.07, 6.45) is 2.83. The lowest BCUT2D eigenvalue weighted by atomic mass is 9.76. The van der Waals surface area contributed by atoms with Gasteiger partial charge in [-0.15, -0.1) is 0 Å². The first-order valence-corrected chi connectivity index (χ1v) is 8.05. The van der Waals surface area contributed by atoms with Crippen LogP contribution in [0.25, 0.3) is 0 Å². The van der Waals surface area contributed by atoms with Gasteiger partial charge in [-0.1, -0.05) is 28.9 Å². The van der Waals surface area contributed by atoms with Crippen LogP contribution < -0.4 is 4.74 Å². The molecule has 1 aromatic carbocycles. The Morgan fingerprint density at radius 1 is 1.45 bits per heavy atom. The van der Waals surface area contributed by atoms with E-state index >= 15 is 0 Å². The monoisotopic (exact) mass is 340 g/mol. The molecule has 0 aromatic heterocycles. The molecule has 1 N–H and O–H groups in total. The molecule has 1 spiro atoms. The average Bonchev–Trinajstić information content (AvgIpc) is 2.37. The second-order valence-corrected chi connectivity index (χ2v) is 7.18. The Labute approximate surface area is 128 Å². The number of aliphatic hydroxyl groups is 1. The molecule has 0 radical (unpaired) electrons. The number of benzene rings is 1. The molecule has 1 aromatic rings. The van der Waals surface area contributed by atoms with Gasteiger partial charge in [-0.2, -0.15) is 0 Å². The highest BCUT2D eigenvalue weighted by Gasteiger charge is 2.48. The first-order chi connectivity index (χ1) is 9.45. The summed E-state index contributed by atoms with van der Waals surface area (Å²) in [5, 5.41) is 10.5. The van der Waals surface area contributed by atoms with Crippen LogP contribution in [0.5, 0.6) is 5.75 Å². The van der Waals surface area contributed by atoms with Crippen LogP contribution in [0.2, 0.25) is 0 Å². The SMILES string of the molecule is CCC1(C)CC2(CCO1)CC(O)c1ccc(Br)cc1O2. The highest BCUT2D eigenvalue weighted by molar-refractivity contribution is 9.10. The smallest absolute Gasteiger partial charge is 0.127 e. The van der Waals surface area contributed by atoms with E-state index in [1.807, 2.05) is 18.2 Å². The zero-order valence-corrected chi connectivity index (χ0v) is 13.6. The normalized spacial score (nSPS) is 36.5. The Morgan fingerprint density at radius 3 is 3.00 bits per heavy atom. The number of halogens is 1. The molecule has 0 bridgehead atoms. The Hall–Kier alpha value is -0.580. The van der Waals surface area contributed by atoms with E-state index < -0.39 is 6.10 Å². The van der Waals surface area contributed by atoms with Crippen LogP contribution in [0.15, 0.2) is 22.7 Å². The summed E-state index contributed by atoms with van der Waals surface area (Å²) >= 11 is 3.47. The van der Waals surface area contributed by atoms with Crippen LogP contribution in [0.4, 0.5) is 0 Å². The van der Waals surface area contributed by atoms with Crippen molar-refractivity contribution in [3.05, 3.63) is 28.2 Å². The van der Waals surface area contributed by atoms with Crippen molar-refractivity contribution in [2.24, 2.45) is 0 Å². The molecular weight excluding hydrogens is 320 g/mol. The standard InChI is InChI=1S/C16H21BrO3/c1-3-15(2)10-16(6-7-19-15)9-13(18)12-5-4-11(17)8-14(12)20-16/h4-5,8,13,18H,3,6-7,9-10H2,1-2H3. The van der Waals surface area contributed by atoms with Crippen LogP contribution >= 0.6 is 15.9 Å². The molecule has 3 unspecified atom stereocenters. The zero-order chi connectivity index (χ0) is 14.4. The first kappa shape index (κ1) is 14.4. The quantitative estimate of drug-likeness (QED) is 0.840. The van der Waals surface area contributed by atoms with Gasteiger partial charge in [0.05, 0.1) is 18.3 Å². The second-order valence-electron chi connectivity index (χ2n) is 6.27. The summed E-state index contributed by atoms with van der Waals surface area (Å²) in [7, 11) is 0. The van der Waals surface area contributed by atoms with E-state index in [1.165, 1.54) is 0 Å². The van der Waals surface area contributed by atoms with Crippen LogP contribution in [-0.4, -0.2) is 22.9 Å². The third-order valence-electron chi connectivity index (χ3n) is 4.68. The lowest BCUT2D eigenvalue weighted by Crippen LogP contribution is -2.52. The molecular formula is C16H21BrO3. The predicted molar refractivity (Wildman–Crippen MR) is 81.0 cm³/mol. The van der Waals surface area contributed by atoms with Gasteiger partial charge in [-0.05, 0) is 25.5 Å². The molecule has 2 heterocycles. The molecule has 3 nitrogen and oxygen atoms in total. The third kappa shape index (κ3) is 2.49. The molecule has 3 rings (SSSR count). The number of hydrogen-bond donors (Lipinski definition) is 1. The fraction of sp³-hybridized carbons (Fsp3) is 0.625. The average molecular weight is 341 g/mol. The molecule has 1 fully saturated rings. The van der Waals surface area contributed by atoms with E-state index in [2.05, 4.69) is 29.8 Å². The van der Waals surface area contributed by atoms with E-state index in [0.29, 0.717) is 13.0 Å². The summed E-state index contributed by atoms with van der Waals surface area (Å²) in [6, 6.07) is 5.84. The lowest BCUT2D eigenvalue weighted by molar-refractivity contribution is -0.160. The van der Waals surface area contributed by atoms with Crippen molar-refractivity contribution in [1.29, 1.82) is 0 Å². The van der Waals surface area contributed by atoms with Gasteiger partial charge in [-0.3, -0.25) is 0 Å². The maximum Gasteiger partial charge on any atom is 0.127 e. The van der Waals surface area contributed by atoms with Gasteiger partial charge >= 0.3 is 0 Å². The van der Waals surface area contributed by atoms with Gasteiger partial charge in [-0.25, -0.2) is 0 Å². The van der Waals surface area contributed by atoms with Crippen molar-refractivity contribution < 1.29 is 14.6 Å². The van der Waals surface area contributed by atoms with Crippen molar-refractivity contribution in [3.63, 3.8) is 0 Å². The molecule has 110 valence electrons. The predicted octanol–water partition coefficient (Wildman–Crippen LogP) is 3.98. The van der Waals surface area contributed by atoms with E-state index in [1.54, 1.807) is 0 Å². The number of fused-ring (bicyclic) bond motifs is 1. The van der Waals surface area contributed by atoms with Crippen LogP contribution in [-0.2, 0) is 4.74 Å². The molecule has 1 saturated heterocycles. The number of ether oxygens (including phenoxy) is 2. The van der Waals surface area contributed by atoms with Gasteiger partial charge in [0.2, 0.25) is 0 Å². The summed E-state index contributed by atoms with van der Waals surface area (Å²) in [4.78, 5) is 0. The molecule has 20 heavy (non-hydrogen) atoms. The first-order valence-electron chi connectivity index (χ1n) is 7.26. The van der Waals surface area contributed by atoms with Crippen molar-refractivity contribution >= 4 is 15.9 Å². The molecule has 2 aliphatic rings. The van der Waals surface area contributed by atoms with Gasteiger partial charge in [0.15, 0.2) is 0 Å². The highest BCUT2D eigenvalue weighted by atomic mass is 79.9. The minimum Gasteiger partial charge on any atom is -0.487 e. The van der Waals surface area contributed by atoms with Gasteiger partial charge in [0.1, 0.15) is 11.4 Å². The topological polar surface area (TPSA) is 38.7 Å². The fourth-order valence-electron chi connectivity index (χ4n) is 3.40. The maximum atomic E-state index is 10.5. The molecule has 0 amide bonds. The lowest BCUT2D eigenvalue weighted by Gasteiger charge is -2.49. The minimum absolute atomic E-state index is 0.151. The van der Waals surface area contributed by atoms with E-state index in [0.717, 1.165) is 35.0 Å². The van der Waals surface area contributed by atoms with E-state index in [-0.39, 0.29) is 11.2 Å². The number of aliphatic hydroxyl groups excluding tert-OH is 1. The Bertz CT molecular complexity index is 518. The second kappa shape index (κ2) is 5.00. The summed E-state index contributed by atoms with van der Waals surface area (Å²) < 4.78 is 13.2. The highest BCUT2D eigenvalue weighted by Crippen LogP contribution is 2.48. The Balaban J connectivity index is 1.93. The molecule has 0 saturated carbocycles. The summed E-state index contributed by atoms with van der Waals surface area (Å²) in [5.41, 5.74) is 0.445. The number of rotatable bonds is 1. The van der Waals surface area contributed by atoms with Gasteiger partial charge < -0.3 is 14.6 Å². The van der Waals surface area contributed by atoms with Crippen molar-refractivity contribution in [1.82, 2.24) is 0 Å².